The summed E-state index contributed by atoms with van der Waals surface area (Å²) in [6.07, 6.45) is 14.2. The van der Waals surface area contributed by atoms with Gasteiger partial charge in [0.25, 0.3) is 0 Å². The van der Waals surface area contributed by atoms with Crippen molar-refractivity contribution in [1.82, 2.24) is 5.32 Å². The first-order valence-electron chi connectivity index (χ1n) is 13.3. The van der Waals surface area contributed by atoms with Gasteiger partial charge in [0.05, 0.1) is 6.10 Å². The Hall–Kier alpha value is -0.340. The summed E-state index contributed by atoms with van der Waals surface area (Å²) in [6, 6.07) is 0.544. The van der Waals surface area contributed by atoms with Crippen molar-refractivity contribution in [3.63, 3.8) is 0 Å². The summed E-state index contributed by atoms with van der Waals surface area (Å²) in [5.41, 5.74) is 4.58. The number of aliphatic hydroxyl groups excluding tert-OH is 1. The third-order valence-corrected chi connectivity index (χ3v) is 10.6. The molecular weight excluding hydrogens is 366 g/mol. The molecule has 4 aliphatic carbocycles. The summed E-state index contributed by atoms with van der Waals surface area (Å²) in [5, 5.41) is 14.1. The Morgan fingerprint density at radius 1 is 1.03 bits per heavy atom. The van der Waals surface area contributed by atoms with Gasteiger partial charge >= 0.3 is 0 Å². The van der Waals surface area contributed by atoms with E-state index in [1.165, 1.54) is 57.8 Å². The van der Waals surface area contributed by atoms with Crippen LogP contribution in [0.25, 0.3) is 0 Å². The van der Waals surface area contributed by atoms with Crippen LogP contribution in [-0.4, -0.2) is 24.3 Å². The van der Waals surface area contributed by atoms with Gasteiger partial charge in [-0.15, -0.1) is 0 Å². The second-order valence-corrected chi connectivity index (χ2v) is 12.6. The highest BCUT2D eigenvalue weighted by molar-refractivity contribution is 5.38. The number of hydrogen-bond acceptors (Lipinski definition) is 2. The van der Waals surface area contributed by atoms with Gasteiger partial charge in [-0.3, -0.25) is 0 Å². The summed E-state index contributed by atoms with van der Waals surface area (Å²) >= 11 is 0. The maximum atomic E-state index is 10.4. The average molecular weight is 416 g/mol. The summed E-state index contributed by atoms with van der Waals surface area (Å²) < 4.78 is 0. The van der Waals surface area contributed by atoms with Crippen molar-refractivity contribution in [2.75, 3.05) is 7.05 Å². The Morgan fingerprint density at radius 2 is 1.80 bits per heavy atom. The van der Waals surface area contributed by atoms with E-state index in [2.05, 4.69) is 47.0 Å². The van der Waals surface area contributed by atoms with E-state index in [0.29, 0.717) is 22.8 Å². The monoisotopic (exact) mass is 415 g/mol. The van der Waals surface area contributed by atoms with Crippen LogP contribution in [0.5, 0.6) is 0 Å². The predicted octanol–water partition coefficient (Wildman–Crippen LogP) is 6.73. The summed E-state index contributed by atoms with van der Waals surface area (Å²) in [5.74, 6) is 4.01. The molecular formula is C28H49NO. The van der Waals surface area contributed by atoms with Gasteiger partial charge in [-0.2, -0.15) is 0 Å². The highest BCUT2D eigenvalue weighted by Crippen LogP contribution is 2.65. The molecule has 8 atom stereocenters. The number of fused-ring (bicyclic) bond motifs is 4. The molecule has 0 amide bonds. The van der Waals surface area contributed by atoms with Crippen LogP contribution in [0.3, 0.4) is 0 Å². The van der Waals surface area contributed by atoms with Crippen LogP contribution >= 0.6 is 0 Å². The van der Waals surface area contributed by atoms with Crippen molar-refractivity contribution < 1.29 is 5.11 Å². The van der Waals surface area contributed by atoms with Gasteiger partial charge < -0.3 is 10.4 Å². The molecule has 2 heteroatoms. The fourth-order valence-electron chi connectivity index (χ4n) is 8.75. The number of hydrogen-bond donors (Lipinski definition) is 2. The molecule has 3 fully saturated rings. The highest BCUT2D eigenvalue weighted by atomic mass is 16.3. The number of aliphatic hydroxyl groups is 1. The number of likely N-dealkylation sites (N-methyl/N-ethyl adjacent to an activating group) is 1. The minimum atomic E-state index is -0.0637. The Kier molecular flexibility index (Phi) is 6.50. The summed E-state index contributed by atoms with van der Waals surface area (Å²) in [4.78, 5) is 0. The predicted molar refractivity (Wildman–Crippen MR) is 127 cm³/mol. The smallest absolute Gasteiger partial charge is 0.0543 e. The molecule has 0 aromatic rings. The van der Waals surface area contributed by atoms with Gasteiger partial charge in [0.1, 0.15) is 0 Å². The zero-order valence-electron chi connectivity index (χ0n) is 20.8. The van der Waals surface area contributed by atoms with E-state index in [1.54, 1.807) is 0 Å². The fraction of sp³-hybridized carbons (Fsp3) is 0.929. The number of nitrogens with one attached hydrogen (secondary N) is 1. The van der Waals surface area contributed by atoms with Gasteiger partial charge in [0.15, 0.2) is 0 Å². The van der Waals surface area contributed by atoms with Crippen LogP contribution in [0.4, 0.5) is 0 Å². The Bertz CT molecular complexity index is 653. The Labute approximate surface area is 186 Å². The molecule has 4 rings (SSSR count). The molecule has 0 bridgehead atoms. The molecule has 0 spiro atoms. The summed E-state index contributed by atoms with van der Waals surface area (Å²) in [7, 11) is 2.18. The lowest BCUT2D eigenvalue weighted by molar-refractivity contribution is -0.0443. The van der Waals surface area contributed by atoms with E-state index >= 15 is 0 Å². The van der Waals surface area contributed by atoms with E-state index in [4.69, 9.17) is 0 Å². The van der Waals surface area contributed by atoms with Gasteiger partial charge in [0.2, 0.25) is 0 Å². The van der Waals surface area contributed by atoms with Gasteiger partial charge in [-0.1, -0.05) is 59.5 Å². The van der Waals surface area contributed by atoms with Gasteiger partial charge in [-0.25, -0.2) is 0 Å². The standard InChI is InChI=1S/C28H49NO/c1-18(2)8-7-9-19(3)22-10-11-23-26-24(13-15-28(22,23)5)27(4)14-12-21(30)16-20(27)17-25(26)29-6/h18-22,24-25,29-30H,7-17H2,1-6H3/t19-,20?,21?,22?,24?,25-,27?,28?/m1/s1. The van der Waals surface area contributed by atoms with Gasteiger partial charge in [0, 0.05) is 6.04 Å². The van der Waals surface area contributed by atoms with E-state index in [0.717, 1.165) is 36.5 Å². The van der Waals surface area contributed by atoms with Gasteiger partial charge in [-0.05, 0) is 104 Å². The maximum Gasteiger partial charge on any atom is 0.0543 e. The summed E-state index contributed by atoms with van der Waals surface area (Å²) in [6.45, 7) is 12.5. The lowest BCUT2D eigenvalue weighted by atomic mass is 9.47. The number of rotatable bonds is 6. The average Bonchev–Trinajstić information content (AvgIpc) is 3.05. The fourth-order valence-corrected chi connectivity index (χ4v) is 8.75. The molecule has 30 heavy (non-hydrogen) atoms. The Balaban J connectivity index is 1.61. The van der Waals surface area contributed by atoms with Crippen molar-refractivity contribution in [2.45, 2.75) is 117 Å². The molecule has 0 saturated heterocycles. The maximum absolute atomic E-state index is 10.4. The SMILES string of the molecule is CN[C@@H]1CC2CC(O)CCC2(C)C2CCC3(C)C(=C21)CCC3[C@H](C)CCCC(C)C. The molecule has 3 saturated carbocycles. The van der Waals surface area contributed by atoms with Crippen molar-refractivity contribution in [3.05, 3.63) is 11.1 Å². The van der Waals surface area contributed by atoms with Crippen molar-refractivity contribution >= 4 is 0 Å². The normalized spacial score (nSPS) is 44.6. The van der Waals surface area contributed by atoms with Crippen molar-refractivity contribution in [1.29, 1.82) is 0 Å². The van der Waals surface area contributed by atoms with Crippen molar-refractivity contribution in [3.8, 4) is 0 Å². The third kappa shape index (κ3) is 3.72. The first-order chi connectivity index (χ1) is 14.2. The lowest BCUT2D eigenvalue weighted by Gasteiger charge is -2.58. The first-order valence-corrected chi connectivity index (χ1v) is 13.3. The molecule has 6 unspecified atom stereocenters. The Morgan fingerprint density at radius 3 is 2.50 bits per heavy atom. The van der Waals surface area contributed by atoms with E-state index in [9.17, 15) is 5.11 Å². The lowest BCUT2D eigenvalue weighted by Crippen LogP contribution is -2.54. The molecule has 0 aromatic heterocycles. The molecule has 0 radical (unpaired) electrons. The number of allylic oxidation sites excluding steroid dienone is 1. The van der Waals surface area contributed by atoms with E-state index < -0.39 is 0 Å². The van der Waals surface area contributed by atoms with Crippen molar-refractivity contribution in [2.24, 2.45) is 40.4 Å². The zero-order chi connectivity index (χ0) is 21.7. The minimum absolute atomic E-state index is 0.0637. The second kappa shape index (κ2) is 8.54. The van der Waals surface area contributed by atoms with Crippen LogP contribution in [0.1, 0.15) is 105 Å². The second-order valence-electron chi connectivity index (χ2n) is 12.6. The van der Waals surface area contributed by atoms with Crippen LogP contribution < -0.4 is 5.32 Å². The molecule has 4 aliphatic rings. The molecule has 2 nitrogen and oxygen atoms in total. The van der Waals surface area contributed by atoms with Crippen LogP contribution in [-0.2, 0) is 0 Å². The quantitative estimate of drug-likeness (QED) is 0.471. The molecule has 0 heterocycles. The van der Waals surface area contributed by atoms with E-state index in [1.807, 2.05) is 11.1 Å². The molecule has 172 valence electrons. The third-order valence-electron chi connectivity index (χ3n) is 10.6. The minimum Gasteiger partial charge on any atom is -0.393 e. The highest BCUT2D eigenvalue weighted by Gasteiger charge is 2.57. The zero-order valence-corrected chi connectivity index (χ0v) is 20.8. The molecule has 0 aromatic carbocycles. The van der Waals surface area contributed by atoms with Crippen LogP contribution in [0.15, 0.2) is 11.1 Å². The van der Waals surface area contributed by atoms with Crippen LogP contribution in [0, 0.1) is 40.4 Å². The van der Waals surface area contributed by atoms with Crippen LogP contribution in [0.2, 0.25) is 0 Å². The molecule has 0 aliphatic heterocycles. The first kappa shape index (κ1) is 22.8. The van der Waals surface area contributed by atoms with E-state index in [-0.39, 0.29) is 6.10 Å². The molecule has 2 N–H and O–H groups in total. The topological polar surface area (TPSA) is 32.3 Å². The largest absolute Gasteiger partial charge is 0.393 e.